The van der Waals surface area contributed by atoms with Gasteiger partial charge in [0.25, 0.3) is 0 Å². The van der Waals surface area contributed by atoms with Gasteiger partial charge in [-0.3, -0.25) is 4.79 Å². The smallest absolute Gasteiger partial charge is 0.387 e. The van der Waals surface area contributed by atoms with Crippen molar-refractivity contribution in [2.24, 2.45) is 0 Å². The third kappa shape index (κ3) is 5.03. The number of likely N-dealkylation sites (N-methyl/N-ethyl adjacent to an activating group) is 1. The van der Waals surface area contributed by atoms with Crippen molar-refractivity contribution in [2.45, 2.75) is 32.9 Å². The zero-order valence-corrected chi connectivity index (χ0v) is 14.7. The van der Waals surface area contributed by atoms with E-state index in [-0.39, 0.29) is 24.1 Å². The number of benzene rings is 2. The number of nitriles is 1. The number of carbonyl (C=O) groups is 1. The van der Waals surface area contributed by atoms with Crippen LogP contribution in [0.15, 0.2) is 48.5 Å². The summed E-state index contributed by atoms with van der Waals surface area (Å²) in [5.74, 6) is 0.00128. The highest BCUT2D eigenvalue weighted by Gasteiger charge is 2.20. The van der Waals surface area contributed by atoms with E-state index in [0.717, 1.165) is 11.1 Å². The second kappa shape index (κ2) is 8.95. The van der Waals surface area contributed by atoms with Gasteiger partial charge in [0.15, 0.2) is 0 Å². The number of amides is 1. The van der Waals surface area contributed by atoms with Crippen LogP contribution in [0.4, 0.5) is 8.78 Å². The average Bonchev–Trinajstić information content (AvgIpc) is 2.63. The lowest BCUT2D eigenvalue weighted by molar-refractivity contribution is -0.132. The fourth-order valence-electron chi connectivity index (χ4n) is 2.75. The molecular formula is C20H20F2N2O2. The first-order valence-corrected chi connectivity index (χ1v) is 8.27. The van der Waals surface area contributed by atoms with Crippen LogP contribution in [0.2, 0.25) is 0 Å². The van der Waals surface area contributed by atoms with Gasteiger partial charge in [0.05, 0.1) is 24.1 Å². The monoisotopic (exact) mass is 358 g/mol. The molecular weight excluding hydrogens is 338 g/mol. The fourth-order valence-corrected chi connectivity index (χ4v) is 2.75. The van der Waals surface area contributed by atoms with Crippen LogP contribution in [-0.4, -0.2) is 24.0 Å². The lowest BCUT2D eigenvalue weighted by Crippen LogP contribution is -2.34. The molecule has 0 aromatic heterocycles. The van der Waals surface area contributed by atoms with Crippen LogP contribution < -0.4 is 4.74 Å². The van der Waals surface area contributed by atoms with E-state index in [4.69, 9.17) is 5.26 Å². The Kier molecular flexibility index (Phi) is 6.67. The zero-order valence-electron chi connectivity index (χ0n) is 14.7. The second-order valence-corrected chi connectivity index (χ2v) is 5.79. The maximum Gasteiger partial charge on any atom is 0.387 e. The van der Waals surface area contributed by atoms with Gasteiger partial charge in [-0.05, 0) is 49.2 Å². The molecule has 2 aromatic carbocycles. The SMILES string of the molecule is CCN(C(=O)Cc1ccc(OC(F)F)cc1)C(C)c1ccc(C#N)cc1. The summed E-state index contributed by atoms with van der Waals surface area (Å²) in [5.41, 5.74) is 2.24. The highest BCUT2D eigenvalue weighted by Crippen LogP contribution is 2.22. The van der Waals surface area contributed by atoms with Gasteiger partial charge in [-0.2, -0.15) is 14.0 Å². The molecule has 6 heteroatoms. The van der Waals surface area contributed by atoms with E-state index in [1.807, 2.05) is 26.0 Å². The average molecular weight is 358 g/mol. The van der Waals surface area contributed by atoms with E-state index in [1.165, 1.54) is 12.1 Å². The number of rotatable bonds is 7. The minimum atomic E-state index is -2.87. The van der Waals surface area contributed by atoms with Crippen molar-refractivity contribution in [3.63, 3.8) is 0 Å². The van der Waals surface area contributed by atoms with Crippen molar-refractivity contribution in [3.8, 4) is 11.8 Å². The Morgan fingerprint density at radius 3 is 2.27 bits per heavy atom. The highest BCUT2D eigenvalue weighted by molar-refractivity contribution is 5.79. The Labute approximate surface area is 151 Å². The highest BCUT2D eigenvalue weighted by atomic mass is 19.3. The number of hydrogen-bond acceptors (Lipinski definition) is 3. The predicted octanol–water partition coefficient (Wildman–Crippen LogP) is 4.31. The number of hydrogen-bond donors (Lipinski definition) is 0. The summed E-state index contributed by atoms with van der Waals surface area (Å²) in [6, 6.07) is 15.1. The Hall–Kier alpha value is -2.94. The van der Waals surface area contributed by atoms with Gasteiger partial charge in [-0.25, -0.2) is 0 Å². The first-order valence-electron chi connectivity index (χ1n) is 8.27. The summed E-state index contributed by atoms with van der Waals surface area (Å²) < 4.78 is 28.7. The number of alkyl halides is 2. The van der Waals surface area contributed by atoms with Gasteiger partial charge < -0.3 is 9.64 Å². The van der Waals surface area contributed by atoms with Crippen LogP contribution in [0.5, 0.6) is 5.75 Å². The molecule has 0 aliphatic heterocycles. The molecule has 0 fully saturated rings. The minimum absolute atomic E-state index is 0.0631. The van der Waals surface area contributed by atoms with Crippen LogP contribution in [0.1, 0.15) is 36.6 Å². The van der Waals surface area contributed by atoms with E-state index in [9.17, 15) is 13.6 Å². The summed E-state index contributed by atoms with van der Waals surface area (Å²) in [7, 11) is 0. The molecule has 0 aliphatic carbocycles. The maximum absolute atomic E-state index is 12.7. The molecule has 4 nitrogen and oxygen atoms in total. The molecule has 0 heterocycles. The molecule has 1 unspecified atom stereocenters. The van der Waals surface area contributed by atoms with Gasteiger partial charge in [0.2, 0.25) is 5.91 Å². The molecule has 0 spiro atoms. The molecule has 0 bridgehead atoms. The molecule has 0 saturated carbocycles. The molecule has 0 N–H and O–H groups in total. The summed E-state index contributed by atoms with van der Waals surface area (Å²) in [4.78, 5) is 14.4. The summed E-state index contributed by atoms with van der Waals surface area (Å²) in [6.45, 7) is 1.50. The third-order valence-electron chi connectivity index (χ3n) is 4.15. The van der Waals surface area contributed by atoms with Crippen LogP contribution in [0.3, 0.4) is 0 Å². The van der Waals surface area contributed by atoms with Crippen molar-refractivity contribution in [2.75, 3.05) is 6.54 Å². The van der Waals surface area contributed by atoms with Crippen molar-refractivity contribution >= 4 is 5.91 Å². The number of carbonyl (C=O) groups excluding carboxylic acids is 1. The minimum Gasteiger partial charge on any atom is -0.435 e. The topological polar surface area (TPSA) is 53.3 Å². The van der Waals surface area contributed by atoms with E-state index in [1.54, 1.807) is 29.2 Å². The molecule has 0 aliphatic rings. The van der Waals surface area contributed by atoms with Gasteiger partial charge in [0, 0.05) is 6.54 Å². The molecule has 2 aromatic rings. The summed E-state index contributed by atoms with van der Waals surface area (Å²) in [5, 5.41) is 8.88. The normalized spacial score (nSPS) is 11.7. The third-order valence-corrected chi connectivity index (χ3v) is 4.15. The van der Waals surface area contributed by atoms with Crippen LogP contribution in [0.25, 0.3) is 0 Å². The van der Waals surface area contributed by atoms with E-state index >= 15 is 0 Å². The largest absolute Gasteiger partial charge is 0.435 e. The van der Waals surface area contributed by atoms with E-state index in [2.05, 4.69) is 10.8 Å². The van der Waals surface area contributed by atoms with Crippen molar-refractivity contribution in [1.82, 2.24) is 4.90 Å². The van der Waals surface area contributed by atoms with Crippen LogP contribution >= 0.6 is 0 Å². The molecule has 1 atom stereocenters. The summed E-state index contributed by atoms with van der Waals surface area (Å²) >= 11 is 0. The fraction of sp³-hybridized carbons (Fsp3) is 0.300. The standard InChI is InChI=1S/C20H20F2N2O2/c1-3-24(14(2)17-8-4-16(13-23)5-9-17)19(25)12-15-6-10-18(11-7-15)26-20(21)22/h4-11,14,20H,3,12H2,1-2H3. The summed E-state index contributed by atoms with van der Waals surface area (Å²) in [6.07, 6.45) is 0.170. The van der Waals surface area contributed by atoms with E-state index in [0.29, 0.717) is 12.1 Å². The molecule has 136 valence electrons. The lowest BCUT2D eigenvalue weighted by Gasteiger charge is -2.28. The maximum atomic E-state index is 12.7. The van der Waals surface area contributed by atoms with Gasteiger partial charge in [-0.1, -0.05) is 24.3 Å². The van der Waals surface area contributed by atoms with Crippen LogP contribution in [0, 0.1) is 11.3 Å². The number of ether oxygens (including phenoxy) is 1. The molecule has 0 radical (unpaired) electrons. The number of halogens is 2. The van der Waals surface area contributed by atoms with E-state index < -0.39 is 6.61 Å². The molecule has 1 amide bonds. The van der Waals surface area contributed by atoms with Crippen molar-refractivity contribution in [1.29, 1.82) is 5.26 Å². The Morgan fingerprint density at radius 1 is 1.15 bits per heavy atom. The van der Waals surface area contributed by atoms with Crippen LogP contribution in [-0.2, 0) is 11.2 Å². The second-order valence-electron chi connectivity index (χ2n) is 5.79. The Balaban J connectivity index is 2.06. The van der Waals surface area contributed by atoms with Gasteiger partial charge >= 0.3 is 6.61 Å². The molecule has 26 heavy (non-hydrogen) atoms. The van der Waals surface area contributed by atoms with Crippen molar-refractivity contribution < 1.29 is 18.3 Å². The molecule has 0 saturated heterocycles. The quantitative estimate of drug-likeness (QED) is 0.741. The number of nitrogens with zero attached hydrogens (tertiary/aromatic N) is 2. The lowest BCUT2D eigenvalue weighted by atomic mass is 10.0. The zero-order chi connectivity index (χ0) is 19.1. The predicted molar refractivity (Wildman–Crippen MR) is 93.7 cm³/mol. The first-order chi connectivity index (χ1) is 12.4. The van der Waals surface area contributed by atoms with Gasteiger partial charge in [-0.15, -0.1) is 0 Å². The molecule has 2 rings (SSSR count). The Bertz CT molecular complexity index is 768. The Morgan fingerprint density at radius 2 is 1.77 bits per heavy atom. The first kappa shape index (κ1) is 19.4. The van der Waals surface area contributed by atoms with Crippen molar-refractivity contribution in [3.05, 3.63) is 65.2 Å². The van der Waals surface area contributed by atoms with Gasteiger partial charge in [0.1, 0.15) is 5.75 Å².